The second kappa shape index (κ2) is 2.39. The highest BCUT2D eigenvalue weighted by molar-refractivity contribution is 8.14. The molecule has 0 bridgehead atoms. The summed E-state index contributed by atoms with van der Waals surface area (Å²) in [7, 11) is 1.79. The van der Waals surface area contributed by atoms with Crippen molar-refractivity contribution in [1.82, 2.24) is 5.01 Å². The first kappa shape index (κ1) is 6.61. The van der Waals surface area contributed by atoms with Crippen LogP contribution in [0.1, 0.15) is 6.92 Å². The highest BCUT2D eigenvalue weighted by Crippen LogP contribution is 2.11. The fourth-order valence-electron chi connectivity index (χ4n) is 0.597. The Bertz CT molecular complexity index is 164. The number of thioether (sulfide) groups is 1. The van der Waals surface area contributed by atoms with Crippen LogP contribution in [0, 0.1) is 5.41 Å². The monoisotopic (exact) mass is 143 g/mol. The molecule has 0 aromatic rings. The number of rotatable bonds is 0. The van der Waals surface area contributed by atoms with Crippen LogP contribution >= 0.6 is 11.8 Å². The average Bonchev–Trinajstić information content (AvgIpc) is 1.80. The van der Waals surface area contributed by atoms with Crippen LogP contribution in [0.4, 0.5) is 0 Å². The van der Waals surface area contributed by atoms with E-state index in [9.17, 15) is 0 Å². The summed E-state index contributed by atoms with van der Waals surface area (Å²) in [6.45, 7) is 1.97. The first-order chi connectivity index (χ1) is 4.20. The van der Waals surface area contributed by atoms with Crippen molar-refractivity contribution in [2.24, 2.45) is 5.10 Å². The minimum Gasteiger partial charge on any atom is -0.277 e. The maximum absolute atomic E-state index is 7.27. The fraction of sp³-hybridized carbons (Fsp3) is 0.600. The van der Waals surface area contributed by atoms with Crippen molar-refractivity contribution in [2.75, 3.05) is 12.8 Å². The molecule has 1 aliphatic rings. The molecule has 1 heterocycles. The number of hydrogen-bond donors (Lipinski definition) is 1. The summed E-state index contributed by atoms with van der Waals surface area (Å²) in [6, 6.07) is 0. The molecule has 3 nitrogen and oxygen atoms in total. The molecule has 4 heteroatoms. The molecule has 0 aromatic heterocycles. The van der Waals surface area contributed by atoms with E-state index in [1.54, 1.807) is 12.1 Å². The number of amidine groups is 1. The Morgan fingerprint density at radius 1 is 1.78 bits per heavy atom. The van der Waals surface area contributed by atoms with Crippen LogP contribution in [0.3, 0.4) is 0 Å². The van der Waals surface area contributed by atoms with Crippen LogP contribution in [0.25, 0.3) is 0 Å². The maximum atomic E-state index is 7.27. The first-order valence-electron chi connectivity index (χ1n) is 2.69. The summed E-state index contributed by atoms with van der Waals surface area (Å²) in [5.74, 6) is 0.864. The second-order valence-corrected chi connectivity index (χ2v) is 2.92. The third kappa shape index (κ3) is 1.45. The highest BCUT2D eigenvalue weighted by Gasteiger charge is 2.10. The summed E-state index contributed by atoms with van der Waals surface area (Å²) < 4.78 is 0. The quantitative estimate of drug-likeness (QED) is 0.549. The minimum absolute atomic E-state index is 0.528. The maximum Gasteiger partial charge on any atom is 0.177 e. The SMILES string of the molecule is CC1=NN(C)C(=N)SC1. The minimum atomic E-state index is 0.528. The smallest absolute Gasteiger partial charge is 0.177 e. The van der Waals surface area contributed by atoms with Gasteiger partial charge in [0.25, 0.3) is 0 Å². The van der Waals surface area contributed by atoms with E-state index in [0.29, 0.717) is 5.17 Å². The van der Waals surface area contributed by atoms with Crippen molar-refractivity contribution >= 4 is 22.6 Å². The molecular weight excluding hydrogens is 134 g/mol. The average molecular weight is 143 g/mol. The molecule has 0 radical (unpaired) electrons. The van der Waals surface area contributed by atoms with Gasteiger partial charge in [0.1, 0.15) is 0 Å². The Balaban J connectivity index is 2.69. The highest BCUT2D eigenvalue weighted by atomic mass is 32.2. The Morgan fingerprint density at radius 2 is 2.44 bits per heavy atom. The molecule has 9 heavy (non-hydrogen) atoms. The predicted molar refractivity (Wildman–Crippen MR) is 41.1 cm³/mol. The van der Waals surface area contributed by atoms with Gasteiger partial charge in [0.2, 0.25) is 0 Å². The van der Waals surface area contributed by atoms with Crippen molar-refractivity contribution in [3.8, 4) is 0 Å². The summed E-state index contributed by atoms with van der Waals surface area (Å²) >= 11 is 1.51. The zero-order chi connectivity index (χ0) is 6.85. The lowest BCUT2D eigenvalue weighted by molar-refractivity contribution is 0.549. The van der Waals surface area contributed by atoms with Crippen LogP contribution < -0.4 is 0 Å². The second-order valence-electron chi connectivity index (χ2n) is 1.95. The van der Waals surface area contributed by atoms with Crippen LogP contribution in [-0.2, 0) is 0 Å². The third-order valence-electron chi connectivity index (χ3n) is 1.03. The van der Waals surface area contributed by atoms with Crippen molar-refractivity contribution in [3.63, 3.8) is 0 Å². The van der Waals surface area contributed by atoms with Gasteiger partial charge in [0, 0.05) is 18.5 Å². The third-order valence-corrected chi connectivity index (χ3v) is 2.13. The molecular formula is C5H9N3S. The van der Waals surface area contributed by atoms with Gasteiger partial charge in [-0.2, -0.15) is 5.10 Å². The number of nitrogens with one attached hydrogen (secondary N) is 1. The van der Waals surface area contributed by atoms with E-state index in [4.69, 9.17) is 5.41 Å². The number of hydrazone groups is 1. The van der Waals surface area contributed by atoms with Gasteiger partial charge < -0.3 is 0 Å². The molecule has 0 aromatic carbocycles. The molecule has 0 spiro atoms. The normalized spacial score (nSPS) is 20.0. The van der Waals surface area contributed by atoms with E-state index in [1.807, 2.05) is 6.92 Å². The van der Waals surface area contributed by atoms with Gasteiger partial charge in [0.05, 0.1) is 0 Å². The molecule has 0 saturated heterocycles. The topological polar surface area (TPSA) is 39.5 Å². The summed E-state index contributed by atoms with van der Waals surface area (Å²) in [6.07, 6.45) is 0. The molecule has 0 unspecified atom stereocenters. The fourth-order valence-corrected chi connectivity index (χ4v) is 1.23. The van der Waals surface area contributed by atoms with Gasteiger partial charge >= 0.3 is 0 Å². The van der Waals surface area contributed by atoms with Crippen molar-refractivity contribution in [2.45, 2.75) is 6.92 Å². The van der Waals surface area contributed by atoms with Crippen LogP contribution in [0.15, 0.2) is 5.10 Å². The van der Waals surface area contributed by atoms with Gasteiger partial charge in [-0.3, -0.25) is 5.41 Å². The van der Waals surface area contributed by atoms with Crippen LogP contribution in [-0.4, -0.2) is 28.7 Å². The summed E-state index contributed by atoms with van der Waals surface area (Å²) in [5, 5.41) is 13.4. The van der Waals surface area contributed by atoms with Gasteiger partial charge in [-0.15, -0.1) is 0 Å². The summed E-state index contributed by atoms with van der Waals surface area (Å²) in [5.41, 5.74) is 1.08. The number of hydrogen-bond acceptors (Lipinski definition) is 3. The molecule has 0 saturated carbocycles. The lowest BCUT2D eigenvalue weighted by Gasteiger charge is -2.18. The Morgan fingerprint density at radius 3 is 2.89 bits per heavy atom. The van der Waals surface area contributed by atoms with Crippen molar-refractivity contribution in [3.05, 3.63) is 0 Å². The molecule has 0 aliphatic carbocycles. The zero-order valence-electron chi connectivity index (χ0n) is 5.51. The van der Waals surface area contributed by atoms with Crippen molar-refractivity contribution < 1.29 is 0 Å². The lowest BCUT2D eigenvalue weighted by Crippen LogP contribution is -2.24. The van der Waals surface area contributed by atoms with Crippen LogP contribution in [0.5, 0.6) is 0 Å². The van der Waals surface area contributed by atoms with E-state index in [1.165, 1.54) is 11.8 Å². The van der Waals surface area contributed by atoms with Gasteiger partial charge in [-0.25, -0.2) is 5.01 Å². The Kier molecular flexibility index (Phi) is 1.75. The standard InChI is InChI=1S/C5H9N3S/c1-4-3-9-5(6)8(2)7-4/h6H,3H2,1-2H3. The summed E-state index contributed by atoms with van der Waals surface area (Å²) in [4.78, 5) is 0. The Hall–Kier alpha value is -0.510. The van der Waals surface area contributed by atoms with E-state index in [0.717, 1.165) is 11.5 Å². The molecule has 0 fully saturated rings. The van der Waals surface area contributed by atoms with Gasteiger partial charge in [-0.1, -0.05) is 11.8 Å². The Labute approximate surface area is 58.6 Å². The van der Waals surface area contributed by atoms with Crippen LogP contribution in [0.2, 0.25) is 0 Å². The molecule has 1 N–H and O–H groups in total. The van der Waals surface area contributed by atoms with E-state index < -0.39 is 0 Å². The number of nitrogens with zero attached hydrogens (tertiary/aromatic N) is 2. The van der Waals surface area contributed by atoms with Crippen molar-refractivity contribution in [1.29, 1.82) is 5.41 Å². The van der Waals surface area contributed by atoms with E-state index in [2.05, 4.69) is 5.10 Å². The molecule has 50 valence electrons. The lowest BCUT2D eigenvalue weighted by atomic mass is 10.5. The molecule has 0 amide bonds. The first-order valence-corrected chi connectivity index (χ1v) is 3.68. The zero-order valence-corrected chi connectivity index (χ0v) is 6.33. The molecule has 1 rings (SSSR count). The van der Waals surface area contributed by atoms with Gasteiger partial charge in [0.15, 0.2) is 5.17 Å². The largest absolute Gasteiger partial charge is 0.277 e. The molecule has 1 aliphatic heterocycles. The van der Waals surface area contributed by atoms with Gasteiger partial charge in [-0.05, 0) is 6.92 Å². The predicted octanol–water partition coefficient (Wildman–Crippen LogP) is 0.976. The van der Waals surface area contributed by atoms with E-state index >= 15 is 0 Å². The molecule has 0 atom stereocenters. The van der Waals surface area contributed by atoms with E-state index in [-0.39, 0.29) is 0 Å².